The molecule has 3 N–H and O–H groups in total. The monoisotopic (exact) mass is 499 g/mol. The van der Waals surface area contributed by atoms with Crippen molar-refractivity contribution in [2.24, 2.45) is 5.73 Å². The highest BCUT2D eigenvalue weighted by Crippen LogP contribution is 2.51. The minimum atomic E-state index is -4.82. The Kier molecular flexibility index (Phi) is 6.67. The number of primary amides is 1. The smallest absolute Gasteiger partial charge is 0.406 e. The molecular formula is C26H24F3N3O4. The van der Waals surface area contributed by atoms with Crippen LogP contribution < -0.4 is 15.8 Å². The predicted octanol–water partition coefficient (Wildman–Crippen LogP) is 2.56. The average Bonchev–Trinajstić information content (AvgIpc) is 3.63. The molecule has 0 saturated heterocycles. The molecule has 1 aliphatic carbocycles. The van der Waals surface area contributed by atoms with Crippen LogP contribution in [0.25, 0.3) is 0 Å². The first-order valence-electron chi connectivity index (χ1n) is 11.3. The van der Waals surface area contributed by atoms with E-state index in [4.69, 9.17) is 12.2 Å². The van der Waals surface area contributed by atoms with Crippen molar-refractivity contribution in [2.75, 3.05) is 0 Å². The van der Waals surface area contributed by atoms with Gasteiger partial charge in [-0.1, -0.05) is 42.3 Å². The molecule has 0 bridgehead atoms. The second kappa shape index (κ2) is 9.57. The minimum absolute atomic E-state index is 0.181. The van der Waals surface area contributed by atoms with Gasteiger partial charge in [-0.2, -0.15) is 0 Å². The van der Waals surface area contributed by atoms with E-state index in [0.717, 1.165) is 11.1 Å². The number of amides is 3. The van der Waals surface area contributed by atoms with Gasteiger partial charge in [-0.25, -0.2) is 0 Å². The van der Waals surface area contributed by atoms with E-state index in [1.165, 1.54) is 29.2 Å². The SMILES string of the molecule is C#C[C@H](CC(N)=O)NC(=O)[C@@H]1Cc2ccccc2CN1C(=O)C1(c2ccc(OC(F)(F)F)cc2)CC1. The highest BCUT2D eigenvalue weighted by Gasteiger charge is 2.55. The second-order valence-corrected chi connectivity index (χ2v) is 8.97. The van der Waals surface area contributed by atoms with Crippen LogP contribution in [0.2, 0.25) is 0 Å². The Morgan fingerprint density at radius 3 is 2.33 bits per heavy atom. The molecule has 188 valence electrons. The summed E-state index contributed by atoms with van der Waals surface area (Å²) in [5.74, 6) is 0.471. The molecule has 10 heteroatoms. The number of fused-ring (bicyclic) bond motifs is 1. The Hall–Kier alpha value is -4.00. The number of benzene rings is 2. The molecule has 1 heterocycles. The molecule has 1 fully saturated rings. The fourth-order valence-corrected chi connectivity index (χ4v) is 4.59. The maximum absolute atomic E-state index is 13.9. The zero-order chi connectivity index (χ0) is 26.1. The van der Waals surface area contributed by atoms with Gasteiger partial charge in [0.1, 0.15) is 11.8 Å². The number of nitrogens with zero attached hydrogens (tertiary/aromatic N) is 1. The molecule has 0 aromatic heterocycles. The van der Waals surface area contributed by atoms with Gasteiger partial charge in [-0.15, -0.1) is 19.6 Å². The first-order chi connectivity index (χ1) is 17.0. The molecule has 7 nitrogen and oxygen atoms in total. The molecule has 36 heavy (non-hydrogen) atoms. The van der Waals surface area contributed by atoms with Crippen molar-refractivity contribution in [3.8, 4) is 18.1 Å². The molecule has 0 spiro atoms. The topological polar surface area (TPSA) is 102 Å². The van der Waals surface area contributed by atoms with Gasteiger partial charge in [-0.3, -0.25) is 14.4 Å². The molecule has 2 aromatic rings. The van der Waals surface area contributed by atoms with Crippen molar-refractivity contribution in [1.29, 1.82) is 0 Å². The maximum Gasteiger partial charge on any atom is 0.573 e. The number of nitrogens with two attached hydrogens (primary N) is 1. The van der Waals surface area contributed by atoms with Crippen LogP contribution in [-0.4, -0.2) is 41.1 Å². The second-order valence-electron chi connectivity index (χ2n) is 8.97. The van der Waals surface area contributed by atoms with Crippen LogP contribution in [0.4, 0.5) is 13.2 Å². The average molecular weight is 499 g/mol. The summed E-state index contributed by atoms with van der Waals surface area (Å²) in [5, 5.41) is 2.63. The standard InChI is InChI=1S/C26H24F3N3O4/c1-2-19(14-22(30)33)31-23(34)21-13-16-5-3-4-6-17(16)15-32(21)24(35)25(11-12-25)18-7-9-20(10-8-18)36-26(27,28)29/h1,3-10,19,21H,11-15H2,(H2,30,33)(H,31,34)/t19-,21+/m1/s1. The van der Waals surface area contributed by atoms with Gasteiger partial charge in [-0.05, 0) is 41.7 Å². The number of terminal acetylenes is 1. The van der Waals surface area contributed by atoms with Crippen molar-refractivity contribution >= 4 is 17.7 Å². The molecule has 0 radical (unpaired) electrons. The van der Waals surface area contributed by atoms with Gasteiger partial charge in [0.25, 0.3) is 0 Å². The predicted molar refractivity (Wildman–Crippen MR) is 123 cm³/mol. The lowest BCUT2D eigenvalue weighted by Gasteiger charge is -2.38. The minimum Gasteiger partial charge on any atom is -0.406 e. The van der Waals surface area contributed by atoms with E-state index in [0.29, 0.717) is 18.4 Å². The summed E-state index contributed by atoms with van der Waals surface area (Å²) in [5.41, 5.74) is 6.62. The van der Waals surface area contributed by atoms with E-state index in [1.54, 1.807) is 0 Å². The summed E-state index contributed by atoms with van der Waals surface area (Å²) in [6.07, 6.45) is 1.61. The Morgan fingerprint density at radius 1 is 1.14 bits per heavy atom. The summed E-state index contributed by atoms with van der Waals surface area (Å²) in [7, 11) is 0. The lowest BCUT2D eigenvalue weighted by molar-refractivity contribution is -0.274. The number of carbonyl (C=O) groups excluding carboxylic acids is 3. The van der Waals surface area contributed by atoms with Crippen LogP contribution in [0.15, 0.2) is 48.5 Å². The summed E-state index contributed by atoms with van der Waals surface area (Å²) in [6, 6.07) is 10.9. The molecule has 2 aromatic carbocycles. The number of nitrogens with one attached hydrogen (secondary N) is 1. The molecule has 1 saturated carbocycles. The van der Waals surface area contributed by atoms with E-state index in [1.807, 2.05) is 24.3 Å². The lowest BCUT2D eigenvalue weighted by atomic mass is 9.88. The molecule has 1 aliphatic heterocycles. The van der Waals surface area contributed by atoms with Crippen molar-refractivity contribution in [3.63, 3.8) is 0 Å². The Morgan fingerprint density at radius 2 is 1.78 bits per heavy atom. The Labute approximate surface area is 205 Å². The van der Waals surface area contributed by atoms with E-state index < -0.39 is 35.7 Å². The van der Waals surface area contributed by atoms with Crippen LogP contribution in [0.3, 0.4) is 0 Å². The molecule has 2 atom stereocenters. The molecule has 3 amide bonds. The van der Waals surface area contributed by atoms with Gasteiger partial charge in [0.2, 0.25) is 17.7 Å². The molecular weight excluding hydrogens is 475 g/mol. The zero-order valence-corrected chi connectivity index (χ0v) is 19.2. The van der Waals surface area contributed by atoms with Gasteiger partial charge >= 0.3 is 6.36 Å². The largest absolute Gasteiger partial charge is 0.573 e. The fourth-order valence-electron chi connectivity index (χ4n) is 4.59. The Bertz CT molecular complexity index is 1220. The number of carbonyl (C=O) groups is 3. The third-order valence-corrected chi connectivity index (χ3v) is 6.53. The number of halogens is 3. The van der Waals surface area contributed by atoms with Crippen LogP contribution in [0, 0.1) is 12.3 Å². The third kappa shape index (κ3) is 5.30. The van der Waals surface area contributed by atoms with Crippen molar-refractivity contribution in [3.05, 3.63) is 65.2 Å². The fraction of sp³-hybridized carbons (Fsp3) is 0.346. The van der Waals surface area contributed by atoms with Crippen LogP contribution in [-0.2, 0) is 32.8 Å². The molecule has 4 rings (SSSR count). The number of hydrogen-bond acceptors (Lipinski definition) is 4. The lowest BCUT2D eigenvalue weighted by Crippen LogP contribution is -2.56. The first-order valence-corrected chi connectivity index (χ1v) is 11.3. The summed E-state index contributed by atoms with van der Waals surface area (Å²) >= 11 is 0. The van der Waals surface area contributed by atoms with Crippen LogP contribution in [0.1, 0.15) is 36.0 Å². The zero-order valence-electron chi connectivity index (χ0n) is 19.2. The van der Waals surface area contributed by atoms with Gasteiger partial charge < -0.3 is 20.7 Å². The number of alkyl halides is 3. The maximum atomic E-state index is 13.9. The Balaban J connectivity index is 1.60. The van der Waals surface area contributed by atoms with E-state index in [9.17, 15) is 27.6 Å². The van der Waals surface area contributed by atoms with Gasteiger partial charge in [0, 0.05) is 13.0 Å². The summed E-state index contributed by atoms with van der Waals surface area (Å²) in [6.45, 7) is 0.181. The summed E-state index contributed by atoms with van der Waals surface area (Å²) in [4.78, 5) is 39.9. The van der Waals surface area contributed by atoms with E-state index in [-0.39, 0.29) is 31.0 Å². The third-order valence-electron chi connectivity index (χ3n) is 6.53. The molecule has 0 unspecified atom stereocenters. The van der Waals surface area contributed by atoms with Crippen LogP contribution in [0.5, 0.6) is 5.75 Å². The van der Waals surface area contributed by atoms with Crippen molar-refractivity contribution < 1.29 is 32.3 Å². The normalized spacial score (nSPS) is 18.8. The van der Waals surface area contributed by atoms with Gasteiger partial charge in [0.05, 0.1) is 17.9 Å². The van der Waals surface area contributed by atoms with Gasteiger partial charge in [0.15, 0.2) is 0 Å². The van der Waals surface area contributed by atoms with Crippen molar-refractivity contribution in [1.82, 2.24) is 10.2 Å². The molecule has 2 aliphatic rings. The highest BCUT2D eigenvalue weighted by atomic mass is 19.4. The van der Waals surface area contributed by atoms with E-state index >= 15 is 0 Å². The van der Waals surface area contributed by atoms with Crippen molar-refractivity contribution in [2.45, 2.75) is 56.1 Å². The summed E-state index contributed by atoms with van der Waals surface area (Å²) < 4.78 is 41.5. The number of ether oxygens (including phenoxy) is 1. The first kappa shape index (κ1) is 25.1. The number of hydrogen-bond donors (Lipinski definition) is 2. The number of rotatable bonds is 7. The quantitative estimate of drug-likeness (QED) is 0.572. The highest BCUT2D eigenvalue weighted by molar-refractivity contribution is 5.96. The van der Waals surface area contributed by atoms with Crippen LogP contribution >= 0.6 is 0 Å². The van der Waals surface area contributed by atoms with E-state index in [2.05, 4.69) is 16.0 Å².